The van der Waals surface area contributed by atoms with E-state index in [0.717, 1.165) is 0 Å². The number of hydrogen-bond acceptors (Lipinski definition) is 7. The van der Waals surface area contributed by atoms with E-state index >= 15 is 0 Å². The van der Waals surface area contributed by atoms with E-state index in [2.05, 4.69) is 0 Å². The van der Waals surface area contributed by atoms with Crippen molar-refractivity contribution >= 4 is 11.7 Å². The number of carbonyl (C=O) groups excluding carboxylic acids is 1. The number of esters is 1. The molecular weight excluding hydrogens is 407 g/mol. The Labute approximate surface area is 177 Å². The van der Waals surface area contributed by atoms with Gasteiger partial charge in [0.15, 0.2) is 0 Å². The molecular formula is C22H19FN2O6. The number of benzene rings is 3. The first-order valence-electron chi connectivity index (χ1n) is 9.28. The van der Waals surface area contributed by atoms with E-state index in [-0.39, 0.29) is 23.8 Å². The second kappa shape index (κ2) is 9.68. The number of rotatable bonds is 8. The van der Waals surface area contributed by atoms with Gasteiger partial charge in [0.05, 0.1) is 23.7 Å². The molecule has 0 radical (unpaired) electrons. The number of non-ortho nitro benzene ring substituents is 1. The molecule has 1 atom stereocenters. The number of nitro groups is 1. The molecule has 2 N–H and O–H groups in total. The van der Waals surface area contributed by atoms with Gasteiger partial charge in [-0.2, -0.15) is 0 Å². The second-order valence-electron chi connectivity index (χ2n) is 6.38. The highest BCUT2D eigenvalue weighted by Crippen LogP contribution is 2.33. The van der Waals surface area contributed by atoms with Gasteiger partial charge >= 0.3 is 5.97 Å². The third-order valence-corrected chi connectivity index (χ3v) is 4.14. The number of ether oxygens (including phenoxy) is 3. The molecule has 0 aromatic heterocycles. The lowest BCUT2D eigenvalue weighted by atomic mass is 10.1. The van der Waals surface area contributed by atoms with Gasteiger partial charge in [-0.15, -0.1) is 0 Å². The molecule has 0 saturated heterocycles. The fourth-order valence-electron chi connectivity index (χ4n) is 2.67. The summed E-state index contributed by atoms with van der Waals surface area (Å²) in [6, 6.07) is 14.6. The Balaban J connectivity index is 1.80. The van der Waals surface area contributed by atoms with Crippen LogP contribution in [0.5, 0.6) is 23.0 Å². The van der Waals surface area contributed by atoms with Crippen LogP contribution in [0.3, 0.4) is 0 Å². The molecule has 3 aromatic carbocycles. The van der Waals surface area contributed by atoms with Gasteiger partial charge in [0.25, 0.3) is 5.69 Å². The minimum Gasteiger partial charge on any atom is -0.465 e. The average Bonchev–Trinajstić information content (AvgIpc) is 2.75. The summed E-state index contributed by atoms with van der Waals surface area (Å²) in [6.07, 6.45) is 0. The fraction of sp³-hybridized carbons (Fsp3) is 0.136. The predicted molar refractivity (Wildman–Crippen MR) is 110 cm³/mol. The van der Waals surface area contributed by atoms with Crippen LogP contribution in [0.1, 0.15) is 18.5 Å². The SMILES string of the molecule is CCOC(=O)C(N)c1ccc(Oc2cc(Oc3ccc(F)cc3)cc([N+](=O)[O-])c2)cc1. The summed E-state index contributed by atoms with van der Waals surface area (Å²) in [5, 5.41) is 11.3. The van der Waals surface area contributed by atoms with E-state index in [0.29, 0.717) is 17.1 Å². The predicted octanol–water partition coefficient (Wildman–Crippen LogP) is 4.88. The van der Waals surface area contributed by atoms with Crippen molar-refractivity contribution in [3.8, 4) is 23.0 Å². The Morgan fingerprint density at radius 2 is 1.48 bits per heavy atom. The fourth-order valence-corrected chi connectivity index (χ4v) is 2.67. The summed E-state index contributed by atoms with van der Waals surface area (Å²) in [4.78, 5) is 22.5. The Kier molecular flexibility index (Phi) is 6.78. The maximum atomic E-state index is 13.1. The van der Waals surface area contributed by atoms with E-state index in [9.17, 15) is 19.3 Å². The van der Waals surface area contributed by atoms with Gasteiger partial charge in [0.2, 0.25) is 0 Å². The zero-order valence-corrected chi connectivity index (χ0v) is 16.5. The minimum atomic E-state index is -0.928. The maximum Gasteiger partial charge on any atom is 0.327 e. The van der Waals surface area contributed by atoms with Crippen LogP contribution >= 0.6 is 0 Å². The van der Waals surface area contributed by atoms with E-state index in [1.54, 1.807) is 31.2 Å². The van der Waals surface area contributed by atoms with Gasteiger partial charge in [0, 0.05) is 6.07 Å². The molecule has 0 fully saturated rings. The van der Waals surface area contributed by atoms with Crippen LogP contribution < -0.4 is 15.2 Å². The molecule has 31 heavy (non-hydrogen) atoms. The lowest BCUT2D eigenvalue weighted by molar-refractivity contribution is -0.385. The van der Waals surface area contributed by atoms with Crippen molar-refractivity contribution in [2.45, 2.75) is 13.0 Å². The first-order chi connectivity index (χ1) is 14.9. The summed E-state index contributed by atoms with van der Waals surface area (Å²) in [5.74, 6) is 0.0164. The van der Waals surface area contributed by atoms with E-state index in [1.165, 1.54) is 42.5 Å². The van der Waals surface area contributed by atoms with Crippen molar-refractivity contribution in [3.63, 3.8) is 0 Å². The smallest absolute Gasteiger partial charge is 0.327 e. The molecule has 1 unspecified atom stereocenters. The summed E-state index contributed by atoms with van der Waals surface area (Å²) < 4.78 is 29.3. The van der Waals surface area contributed by atoms with Crippen molar-refractivity contribution in [3.05, 3.63) is 88.2 Å². The van der Waals surface area contributed by atoms with Crippen LogP contribution in [0.2, 0.25) is 0 Å². The summed E-state index contributed by atoms with van der Waals surface area (Å²) >= 11 is 0. The zero-order valence-electron chi connectivity index (χ0n) is 16.5. The summed E-state index contributed by atoms with van der Waals surface area (Å²) in [7, 11) is 0. The molecule has 0 aliphatic heterocycles. The Hall–Kier alpha value is -3.98. The number of nitrogens with two attached hydrogens (primary N) is 1. The summed E-state index contributed by atoms with van der Waals surface area (Å²) in [6.45, 7) is 1.91. The van der Waals surface area contributed by atoms with Gasteiger partial charge in [-0.25, -0.2) is 9.18 Å². The highest BCUT2D eigenvalue weighted by molar-refractivity contribution is 5.77. The Bertz CT molecular complexity index is 1070. The highest BCUT2D eigenvalue weighted by Gasteiger charge is 2.17. The van der Waals surface area contributed by atoms with E-state index in [4.69, 9.17) is 19.9 Å². The molecule has 0 bridgehead atoms. The largest absolute Gasteiger partial charge is 0.465 e. The van der Waals surface area contributed by atoms with Gasteiger partial charge in [-0.1, -0.05) is 12.1 Å². The highest BCUT2D eigenvalue weighted by atomic mass is 19.1. The molecule has 0 heterocycles. The molecule has 8 nitrogen and oxygen atoms in total. The van der Waals surface area contributed by atoms with Crippen molar-refractivity contribution in [2.75, 3.05) is 6.61 Å². The number of halogens is 1. The molecule has 3 aromatic rings. The van der Waals surface area contributed by atoms with Gasteiger partial charge in [-0.05, 0) is 48.9 Å². The first kappa shape index (κ1) is 21.7. The lowest BCUT2D eigenvalue weighted by Gasteiger charge is -2.12. The summed E-state index contributed by atoms with van der Waals surface area (Å²) in [5.41, 5.74) is 6.14. The third kappa shape index (κ3) is 5.77. The normalized spacial score (nSPS) is 11.5. The van der Waals surface area contributed by atoms with E-state index < -0.39 is 22.8 Å². The Morgan fingerprint density at radius 3 is 1.97 bits per heavy atom. The van der Waals surface area contributed by atoms with Crippen LogP contribution in [0.4, 0.5) is 10.1 Å². The number of hydrogen-bond donors (Lipinski definition) is 1. The van der Waals surface area contributed by atoms with Crippen LogP contribution in [0, 0.1) is 15.9 Å². The van der Waals surface area contributed by atoms with Gasteiger partial charge < -0.3 is 19.9 Å². The van der Waals surface area contributed by atoms with E-state index in [1.807, 2.05) is 0 Å². The molecule has 0 amide bonds. The third-order valence-electron chi connectivity index (χ3n) is 4.14. The van der Waals surface area contributed by atoms with Crippen molar-refractivity contribution in [2.24, 2.45) is 5.73 Å². The monoisotopic (exact) mass is 426 g/mol. The lowest BCUT2D eigenvalue weighted by Crippen LogP contribution is -2.23. The standard InChI is InChI=1S/C22H19FN2O6/c1-2-29-22(26)21(24)14-3-7-17(8-4-14)30-19-11-16(25(27)28)12-20(13-19)31-18-9-5-15(23)6-10-18/h3-13,21H,2,24H2,1H3. The quantitative estimate of drug-likeness (QED) is 0.310. The van der Waals surface area contributed by atoms with Crippen molar-refractivity contribution < 1.29 is 28.3 Å². The molecule has 0 aliphatic rings. The molecule has 0 spiro atoms. The second-order valence-corrected chi connectivity index (χ2v) is 6.38. The van der Waals surface area contributed by atoms with Crippen LogP contribution in [0.25, 0.3) is 0 Å². The van der Waals surface area contributed by atoms with Crippen LogP contribution in [0.15, 0.2) is 66.7 Å². The van der Waals surface area contributed by atoms with Crippen LogP contribution in [-0.4, -0.2) is 17.5 Å². The molecule has 0 saturated carbocycles. The molecule has 160 valence electrons. The molecule has 9 heteroatoms. The van der Waals surface area contributed by atoms with Crippen molar-refractivity contribution in [1.82, 2.24) is 0 Å². The van der Waals surface area contributed by atoms with Gasteiger partial charge in [0.1, 0.15) is 34.9 Å². The number of carbonyl (C=O) groups is 1. The Morgan fingerprint density at radius 1 is 0.968 bits per heavy atom. The van der Waals surface area contributed by atoms with Crippen molar-refractivity contribution in [1.29, 1.82) is 0 Å². The zero-order chi connectivity index (χ0) is 22.4. The topological polar surface area (TPSA) is 114 Å². The van der Waals surface area contributed by atoms with Gasteiger partial charge in [-0.3, -0.25) is 10.1 Å². The van der Waals surface area contributed by atoms with Crippen LogP contribution in [-0.2, 0) is 9.53 Å². The molecule has 0 aliphatic carbocycles. The first-order valence-corrected chi connectivity index (χ1v) is 9.28. The number of nitrogens with zero attached hydrogens (tertiary/aromatic N) is 1. The average molecular weight is 426 g/mol. The number of nitro benzene ring substituents is 1. The molecule has 3 rings (SSSR count). The maximum absolute atomic E-state index is 13.1. The minimum absolute atomic E-state index is 0.150.